The molecule has 0 N–H and O–H groups in total. The van der Waals surface area contributed by atoms with Crippen molar-refractivity contribution in [3.8, 4) is 0 Å². The Morgan fingerprint density at radius 1 is 1.21 bits per heavy atom. The van der Waals surface area contributed by atoms with Crippen LogP contribution in [0, 0.1) is 5.92 Å². The molecule has 1 aromatic heterocycles. The number of aromatic nitrogens is 2. The van der Waals surface area contributed by atoms with Gasteiger partial charge in [-0.1, -0.05) is 36.0 Å². The predicted molar refractivity (Wildman–Crippen MR) is 73.5 cm³/mol. The largest absolute Gasteiger partial charge is 0.335 e. The van der Waals surface area contributed by atoms with Crippen LogP contribution in [0.4, 0.5) is 0 Å². The van der Waals surface area contributed by atoms with Crippen molar-refractivity contribution >= 4 is 29.1 Å². The molecule has 0 radical (unpaired) electrons. The molecule has 1 aliphatic heterocycles. The summed E-state index contributed by atoms with van der Waals surface area (Å²) in [6.45, 7) is 0.810. The summed E-state index contributed by atoms with van der Waals surface area (Å²) in [5, 5.41) is 7.69. The fourth-order valence-electron chi connectivity index (χ4n) is 3.32. The number of amides is 1. The Balaban J connectivity index is 1.85. The van der Waals surface area contributed by atoms with E-state index in [0.29, 0.717) is 17.5 Å². The SMILES string of the molecule is O=C(c1cc(Cl)nnc1Cl)N1CCC2CCCCC21. The molecular weight excluding hydrogens is 285 g/mol. The molecule has 0 spiro atoms. The van der Waals surface area contributed by atoms with Crippen LogP contribution < -0.4 is 0 Å². The van der Waals surface area contributed by atoms with Crippen molar-refractivity contribution in [1.82, 2.24) is 15.1 Å². The van der Waals surface area contributed by atoms with E-state index in [1.54, 1.807) is 0 Å². The topological polar surface area (TPSA) is 46.1 Å². The van der Waals surface area contributed by atoms with Crippen LogP contribution >= 0.6 is 23.2 Å². The molecule has 2 aliphatic rings. The van der Waals surface area contributed by atoms with Crippen LogP contribution in [0.1, 0.15) is 42.5 Å². The van der Waals surface area contributed by atoms with E-state index in [0.717, 1.165) is 19.4 Å². The molecule has 6 heteroatoms. The van der Waals surface area contributed by atoms with Crippen molar-refractivity contribution in [1.29, 1.82) is 0 Å². The molecule has 1 aromatic rings. The smallest absolute Gasteiger partial charge is 0.257 e. The zero-order valence-electron chi connectivity index (χ0n) is 10.5. The summed E-state index contributed by atoms with van der Waals surface area (Å²) in [6, 6.07) is 1.87. The number of hydrogen-bond acceptors (Lipinski definition) is 3. The van der Waals surface area contributed by atoms with Gasteiger partial charge in [0.1, 0.15) is 0 Å². The molecule has 3 rings (SSSR count). The molecular formula is C13H15Cl2N3O. The van der Waals surface area contributed by atoms with Gasteiger partial charge in [0.05, 0.1) is 5.56 Å². The molecule has 0 bridgehead atoms. The second-order valence-corrected chi connectivity index (χ2v) is 6.02. The first kappa shape index (κ1) is 13.1. The lowest BCUT2D eigenvalue weighted by Crippen LogP contribution is -2.39. The minimum atomic E-state index is -0.0591. The molecule has 1 aliphatic carbocycles. The first-order valence-electron chi connectivity index (χ1n) is 6.66. The van der Waals surface area contributed by atoms with Gasteiger partial charge in [-0.15, -0.1) is 10.2 Å². The average Bonchev–Trinajstić information content (AvgIpc) is 2.84. The first-order chi connectivity index (χ1) is 9.16. The average molecular weight is 300 g/mol. The lowest BCUT2D eigenvalue weighted by molar-refractivity contribution is 0.0689. The number of fused-ring (bicyclic) bond motifs is 1. The number of carbonyl (C=O) groups excluding carboxylic acids is 1. The Bertz CT molecular complexity index is 509. The van der Waals surface area contributed by atoms with Gasteiger partial charge < -0.3 is 4.90 Å². The van der Waals surface area contributed by atoms with Gasteiger partial charge in [0.2, 0.25) is 0 Å². The van der Waals surface area contributed by atoms with Gasteiger partial charge in [-0.3, -0.25) is 4.79 Å². The molecule has 102 valence electrons. The van der Waals surface area contributed by atoms with E-state index in [9.17, 15) is 4.79 Å². The molecule has 2 atom stereocenters. The number of halogens is 2. The summed E-state index contributed by atoms with van der Waals surface area (Å²) in [5.74, 6) is 0.595. The fourth-order valence-corrected chi connectivity index (χ4v) is 3.64. The predicted octanol–water partition coefficient (Wildman–Crippen LogP) is 3.19. The number of carbonyl (C=O) groups is 1. The molecule has 2 fully saturated rings. The van der Waals surface area contributed by atoms with Gasteiger partial charge in [-0.05, 0) is 31.2 Å². The third-order valence-electron chi connectivity index (χ3n) is 4.22. The van der Waals surface area contributed by atoms with Crippen molar-refractivity contribution in [3.63, 3.8) is 0 Å². The van der Waals surface area contributed by atoms with Crippen LogP contribution in [0.5, 0.6) is 0 Å². The molecule has 1 saturated carbocycles. The lowest BCUT2D eigenvalue weighted by Gasteiger charge is -2.31. The molecule has 2 heterocycles. The minimum Gasteiger partial charge on any atom is -0.335 e. The summed E-state index contributed by atoms with van der Waals surface area (Å²) in [5.41, 5.74) is 0.368. The van der Waals surface area contributed by atoms with Crippen molar-refractivity contribution < 1.29 is 4.79 Å². The summed E-state index contributed by atoms with van der Waals surface area (Å²) >= 11 is 11.8. The van der Waals surface area contributed by atoms with E-state index >= 15 is 0 Å². The second kappa shape index (κ2) is 5.25. The summed E-state index contributed by atoms with van der Waals surface area (Å²) in [6.07, 6.45) is 5.92. The Hall–Kier alpha value is -0.870. The van der Waals surface area contributed by atoms with Crippen LogP contribution in [0.3, 0.4) is 0 Å². The maximum absolute atomic E-state index is 12.6. The van der Waals surface area contributed by atoms with Gasteiger partial charge in [-0.2, -0.15) is 0 Å². The van der Waals surface area contributed by atoms with Crippen LogP contribution in [-0.4, -0.2) is 33.6 Å². The first-order valence-corrected chi connectivity index (χ1v) is 7.42. The molecule has 1 saturated heterocycles. The Labute approximate surface area is 122 Å². The van der Waals surface area contributed by atoms with E-state index < -0.39 is 0 Å². The van der Waals surface area contributed by atoms with Gasteiger partial charge in [0, 0.05) is 12.6 Å². The zero-order chi connectivity index (χ0) is 13.4. The molecule has 1 amide bonds. The summed E-state index contributed by atoms with van der Waals surface area (Å²) in [7, 11) is 0. The minimum absolute atomic E-state index is 0.0591. The van der Waals surface area contributed by atoms with E-state index in [1.807, 2.05) is 4.90 Å². The van der Waals surface area contributed by atoms with Gasteiger partial charge in [0.25, 0.3) is 5.91 Å². The van der Waals surface area contributed by atoms with Crippen molar-refractivity contribution in [2.45, 2.75) is 38.1 Å². The van der Waals surface area contributed by atoms with Gasteiger partial charge in [-0.25, -0.2) is 0 Å². The van der Waals surface area contributed by atoms with Crippen LogP contribution in [-0.2, 0) is 0 Å². The second-order valence-electron chi connectivity index (χ2n) is 5.27. The number of rotatable bonds is 1. The molecule has 0 aromatic carbocycles. The Morgan fingerprint density at radius 3 is 2.84 bits per heavy atom. The number of hydrogen-bond donors (Lipinski definition) is 0. The third-order valence-corrected chi connectivity index (χ3v) is 4.68. The highest BCUT2D eigenvalue weighted by atomic mass is 35.5. The third kappa shape index (κ3) is 2.43. The summed E-state index contributed by atoms with van der Waals surface area (Å²) < 4.78 is 0. The normalized spacial score (nSPS) is 26.3. The maximum atomic E-state index is 12.6. The molecule has 2 unspecified atom stereocenters. The van der Waals surface area contributed by atoms with Crippen molar-refractivity contribution in [2.24, 2.45) is 5.92 Å². The lowest BCUT2D eigenvalue weighted by atomic mass is 9.85. The summed E-state index contributed by atoms with van der Waals surface area (Å²) in [4.78, 5) is 14.5. The maximum Gasteiger partial charge on any atom is 0.257 e. The van der Waals surface area contributed by atoms with Crippen molar-refractivity contribution in [3.05, 3.63) is 21.9 Å². The highest BCUT2D eigenvalue weighted by molar-refractivity contribution is 6.34. The highest BCUT2D eigenvalue weighted by Gasteiger charge is 2.39. The fraction of sp³-hybridized carbons (Fsp3) is 0.615. The monoisotopic (exact) mass is 299 g/mol. The molecule has 4 nitrogen and oxygen atoms in total. The Morgan fingerprint density at radius 2 is 2.00 bits per heavy atom. The highest BCUT2D eigenvalue weighted by Crippen LogP contribution is 2.37. The zero-order valence-corrected chi connectivity index (χ0v) is 12.0. The van der Waals surface area contributed by atoms with Crippen LogP contribution in [0.25, 0.3) is 0 Å². The quantitative estimate of drug-likeness (QED) is 0.800. The van der Waals surface area contributed by atoms with Crippen molar-refractivity contribution in [2.75, 3.05) is 6.54 Å². The van der Waals surface area contributed by atoms with E-state index in [1.165, 1.54) is 25.3 Å². The van der Waals surface area contributed by atoms with Crippen LogP contribution in [0.2, 0.25) is 10.3 Å². The van der Waals surface area contributed by atoms with Crippen LogP contribution in [0.15, 0.2) is 6.07 Å². The Kier molecular flexibility index (Phi) is 3.63. The standard InChI is InChI=1S/C13H15Cl2N3O/c14-11-7-9(12(15)17-16-11)13(19)18-6-5-8-3-1-2-4-10(8)18/h7-8,10H,1-6H2. The van der Waals surface area contributed by atoms with Gasteiger partial charge in [0.15, 0.2) is 10.3 Å². The number of nitrogens with zero attached hydrogens (tertiary/aromatic N) is 3. The number of likely N-dealkylation sites (tertiary alicyclic amines) is 1. The molecule has 19 heavy (non-hydrogen) atoms. The van der Waals surface area contributed by atoms with E-state index in [4.69, 9.17) is 23.2 Å². The van der Waals surface area contributed by atoms with E-state index in [-0.39, 0.29) is 16.2 Å². The van der Waals surface area contributed by atoms with Gasteiger partial charge >= 0.3 is 0 Å². The van der Waals surface area contributed by atoms with E-state index in [2.05, 4.69) is 10.2 Å².